The van der Waals surface area contributed by atoms with Crippen LogP contribution in [-0.2, 0) is 6.54 Å². The first-order chi connectivity index (χ1) is 13.7. The lowest BCUT2D eigenvalue weighted by atomic mass is 10.1. The van der Waals surface area contributed by atoms with Crippen LogP contribution in [-0.4, -0.2) is 17.1 Å². The van der Waals surface area contributed by atoms with Gasteiger partial charge in [-0.25, -0.2) is 4.98 Å². The van der Waals surface area contributed by atoms with Crippen molar-refractivity contribution in [2.45, 2.75) is 18.4 Å². The number of hydrogen-bond acceptors (Lipinski definition) is 4. The summed E-state index contributed by atoms with van der Waals surface area (Å²) in [5.74, 6) is -0.0227. The van der Waals surface area contributed by atoms with Crippen molar-refractivity contribution in [3.05, 3.63) is 89.5 Å². The average Bonchev–Trinajstić information content (AvgIpc) is 3.17. The lowest BCUT2D eigenvalue weighted by molar-refractivity contribution is 0.0982. The molecule has 0 saturated heterocycles. The van der Waals surface area contributed by atoms with Crippen LogP contribution in [0.2, 0.25) is 0 Å². The van der Waals surface area contributed by atoms with Crippen molar-refractivity contribution in [1.29, 1.82) is 0 Å². The van der Waals surface area contributed by atoms with Crippen LogP contribution in [0.5, 0.6) is 0 Å². The first kappa shape index (κ1) is 18.7. The smallest absolute Gasteiger partial charge is 0.261 e. The number of anilines is 1. The lowest BCUT2D eigenvalue weighted by Gasteiger charge is -2.21. The van der Waals surface area contributed by atoms with Crippen LogP contribution in [0.3, 0.4) is 0 Å². The average molecular weight is 405 g/mol. The Morgan fingerprint density at radius 2 is 1.75 bits per heavy atom. The molecule has 0 aliphatic carbocycles. The maximum absolute atomic E-state index is 13.6. The maximum atomic E-state index is 13.6. The van der Waals surface area contributed by atoms with Gasteiger partial charge in [0.1, 0.15) is 0 Å². The number of aromatic nitrogens is 1. The maximum Gasteiger partial charge on any atom is 0.261 e. The highest BCUT2D eigenvalue weighted by atomic mass is 32.2. The van der Waals surface area contributed by atoms with Crippen LogP contribution < -0.4 is 4.90 Å². The Balaban J connectivity index is 1.81. The third kappa shape index (κ3) is 3.68. The molecular weight excluding hydrogens is 384 g/mol. The van der Waals surface area contributed by atoms with E-state index in [4.69, 9.17) is 4.98 Å². The number of carbonyl (C=O) groups excluding carboxylic acids is 1. The van der Waals surface area contributed by atoms with Gasteiger partial charge in [0.15, 0.2) is 5.13 Å². The number of amides is 1. The molecule has 28 heavy (non-hydrogen) atoms. The number of thiazole rings is 1. The van der Waals surface area contributed by atoms with E-state index in [2.05, 4.69) is 19.1 Å². The molecule has 0 spiro atoms. The predicted molar refractivity (Wildman–Crippen MR) is 120 cm³/mol. The van der Waals surface area contributed by atoms with Crippen molar-refractivity contribution in [2.24, 2.45) is 0 Å². The number of thioether (sulfide) groups is 1. The van der Waals surface area contributed by atoms with Crippen LogP contribution in [0.15, 0.2) is 77.7 Å². The summed E-state index contributed by atoms with van der Waals surface area (Å²) in [6.07, 6.45) is 1.99. The molecule has 0 atom stereocenters. The van der Waals surface area contributed by atoms with E-state index >= 15 is 0 Å². The Hall–Kier alpha value is -2.63. The largest absolute Gasteiger partial charge is 0.279 e. The molecule has 4 rings (SSSR count). The van der Waals surface area contributed by atoms with Crippen LogP contribution in [0.4, 0.5) is 5.13 Å². The Morgan fingerprint density at radius 3 is 2.50 bits per heavy atom. The fraction of sp³-hybridized carbons (Fsp3) is 0.130. The molecule has 0 bridgehead atoms. The Morgan fingerprint density at radius 1 is 1.00 bits per heavy atom. The van der Waals surface area contributed by atoms with E-state index in [1.807, 2.05) is 66.9 Å². The number of rotatable bonds is 5. The predicted octanol–water partition coefficient (Wildman–Crippen LogP) is 6.17. The standard InChI is InChI=1S/C23H20N2OS2/c1-16-9-8-14-20-21(16)24-23(28-20)25(15-17-10-4-3-5-11-17)22(26)18-12-6-7-13-19(18)27-2/h3-14H,15H2,1-2H3. The van der Waals surface area contributed by atoms with Crippen molar-refractivity contribution >= 4 is 44.4 Å². The third-order valence-corrected chi connectivity index (χ3v) is 6.45. The monoisotopic (exact) mass is 404 g/mol. The molecular formula is C23H20N2OS2. The topological polar surface area (TPSA) is 33.2 Å². The normalized spacial score (nSPS) is 10.9. The van der Waals surface area contributed by atoms with Gasteiger partial charge in [-0.2, -0.15) is 0 Å². The van der Waals surface area contributed by atoms with Gasteiger partial charge in [0, 0.05) is 4.90 Å². The van der Waals surface area contributed by atoms with Crippen molar-refractivity contribution in [1.82, 2.24) is 4.98 Å². The van der Waals surface area contributed by atoms with Crippen molar-refractivity contribution in [3.63, 3.8) is 0 Å². The van der Waals surface area contributed by atoms with E-state index in [1.54, 1.807) is 28.0 Å². The number of para-hydroxylation sites is 1. The van der Waals surface area contributed by atoms with Gasteiger partial charge in [-0.05, 0) is 42.5 Å². The fourth-order valence-electron chi connectivity index (χ4n) is 3.15. The molecule has 1 aromatic heterocycles. The molecule has 4 aromatic rings. The minimum Gasteiger partial charge on any atom is -0.279 e. The second-order valence-corrected chi connectivity index (χ2v) is 8.35. The molecule has 1 heterocycles. The Kier molecular flexibility index (Phi) is 5.46. The molecule has 3 aromatic carbocycles. The van der Waals surface area contributed by atoms with E-state index in [1.165, 1.54) is 0 Å². The minimum absolute atomic E-state index is 0.0227. The summed E-state index contributed by atoms with van der Waals surface area (Å²) in [4.78, 5) is 21.2. The van der Waals surface area contributed by atoms with Gasteiger partial charge < -0.3 is 0 Å². The molecule has 0 radical (unpaired) electrons. The SMILES string of the molecule is CSc1ccccc1C(=O)N(Cc1ccccc1)c1nc2c(C)cccc2s1. The highest BCUT2D eigenvalue weighted by molar-refractivity contribution is 7.98. The van der Waals surface area contributed by atoms with Crippen LogP contribution >= 0.6 is 23.1 Å². The number of aryl methyl sites for hydroxylation is 1. The Labute approximate surface area is 173 Å². The van der Waals surface area contributed by atoms with Gasteiger partial charge in [-0.3, -0.25) is 9.69 Å². The molecule has 0 saturated carbocycles. The lowest BCUT2D eigenvalue weighted by Crippen LogP contribution is -2.30. The second-order valence-electron chi connectivity index (χ2n) is 6.50. The summed E-state index contributed by atoms with van der Waals surface area (Å²) < 4.78 is 1.10. The molecule has 5 heteroatoms. The minimum atomic E-state index is -0.0227. The van der Waals surface area contributed by atoms with Gasteiger partial charge in [0.2, 0.25) is 0 Å². The Bertz CT molecular complexity index is 1120. The van der Waals surface area contributed by atoms with Gasteiger partial charge in [-0.15, -0.1) is 11.8 Å². The molecule has 0 fully saturated rings. The molecule has 0 unspecified atom stereocenters. The van der Waals surface area contributed by atoms with Crippen LogP contribution in [0, 0.1) is 6.92 Å². The molecule has 0 aliphatic rings. The third-order valence-electron chi connectivity index (χ3n) is 4.61. The van der Waals surface area contributed by atoms with Crippen molar-refractivity contribution in [3.8, 4) is 0 Å². The zero-order valence-electron chi connectivity index (χ0n) is 15.8. The van der Waals surface area contributed by atoms with E-state index in [0.717, 1.165) is 31.4 Å². The van der Waals surface area contributed by atoms with Gasteiger partial charge >= 0.3 is 0 Å². The molecule has 0 N–H and O–H groups in total. The highest BCUT2D eigenvalue weighted by Gasteiger charge is 2.23. The zero-order valence-corrected chi connectivity index (χ0v) is 17.4. The highest BCUT2D eigenvalue weighted by Crippen LogP contribution is 2.33. The van der Waals surface area contributed by atoms with Crippen LogP contribution in [0.1, 0.15) is 21.5 Å². The first-order valence-corrected chi connectivity index (χ1v) is 11.1. The number of nitrogens with zero attached hydrogens (tertiary/aromatic N) is 2. The van der Waals surface area contributed by atoms with E-state index in [-0.39, 0.29) is 5.91 Å². The molecule has 0 aliphatic heterocycles. The first-order valence-electron chi connectivity index (χ1n) is 9.02. The number of hydrogen-bond donors (Lipinski definition) is 0. The molecule has 1 amide bonds. The van der Waals surface area contributed by atoms with Crippen LogP contribution in [0.25, 0.3) is 10.2 Å². The quantitative estimate of drug-likeness (QED) is 0.373. The van der Waals surface area contributed by atoms with Gasteiger partial charge in [0.25, 0.3) is 5.91 Å². The summed E-state index contributed by atoms with van der Waals surface area (Å²) in [5.41, 5.74) is 3.87. The van der Waals surface area contributed by atoms with Gasteiger partial charge in [-0.1, -0.05) is 65.9 Å². The summed E-state index contributed by atoms with van der Waals surface area (Å²) >= 11 is 3.15. The van der Waals surface area contributed by atoms with Gasteiger partial charge in [0.05, 0.1) is 22.3 Å². The van der Waals surface area contributed by atoms with E-state index in [9.17, 15) is 4.79 Å². The number of fused-ring (bicyclic) bond motifs is 1. The number of benzene rings is 3. The molecule has 3 nitrogen and oxygen atoms in total. The van der Waals surface area contributed by atoms with Crippen molar-refractivity contribution in [2.75, 3.05) is 11.2 Å². The number of carbonyl (C=O) groups is 1. The van der Waals surface area contributed by atoms with Crippen molar-refractivity contribution < 1.29 is 4.79 Å². The summed E-state index contributed by atoms with van der Waals surface area (Å²) in [6, 6.07) is 24.0. The van der Waals surface area contributed by atoms with E-state index in [0.29, 0.717) is 12.1 Å². The summed E-state index contributed by atoms with van der Waals surface area (Å²) in [5, 5.41) is 0.731. The second kappa shape index (κ2) is 8.17. The summed E-state index contributed by atoms with van der Waals surface area (Å²) in [7, 11) is 0. The summed E-state index contributed by atoms with van der Waals surface area (Å²) in [6.45, 7) is 2.54. The zero-order chi connectivity index (χ0) is 19.5. The fourth-order valence-corrected chi connectivity index (χ4v) is 4.78. The molecule has 140 valence electrons. The van der Waals surface area contributed by atoms with E-state index < -0.39 is 0 Å².